The number of fused-ring (bicyclic) bond motifs is 5. The molecule has 226 valence electrons. The average molecular weight is 606 g/mol. The standard InChI is InChI=1S/C44H35N3/c1-44(2)38-25-12-11-23-36(38)37-24-14-26-39(41(37)44)47(35-22-13-21-32(27-35)30-15-5-3-6-16-30)43-40-28-33-19-9-10-20-34(33)29-46(40)45-42(43)31-17-7-4-8-18-31/h3-29,36,38H,1-2H3. The second-order valence-electron chi connectivity index (χ2n) is 13.3. The minimum Gasteiger partial charge on any atom is -0.306 e. The van der Waals surface area contributed by atoms with Crippen LogP contribution in [0.25, 0.3) is 38.7 Å². The molecule has 0 saturated heterocycles. The first kappa shape index (κ1) is 27.6. The molecule has 2 aliphatic rings. The van der Waals surface area contributed by atoms with Crippen molar-refractivity contribution in [2.45, 2.75) is 25.2 Å². The molecule has 2 unspecified atom stereocenters. The molecule has 0 spiro atoms. The van der Waals surface area contributed by atoms with Gasteiger partial charge >= 0.3 is 0 Å². The van der Waals surface area contributed by atoms with Gasteiger partial charge in [0.25, 0.3) is 0 Å². The van der Waals surface area contributed by atoms with Crippen molar-refractivity contribution in [3.63, 3.8) is 0 Å². The van der Waals surface area contributed by atoms with E-state index < -0.39 is 0 Å². The number of hydrogen-bond donors (Lipinski definition) is 0. The average Bonchev–Trinajstić information content (AvgIpc) is 3.60. The number of anilines is 3. The Hall–Kier alpha value is -5.67. The molecule has 9 rings (SSSR count). The van der Waals surface area contributed by atoms with Crippen LogP contribution in [0.5, 0.6) is 0 Å². The largest absolute Gasteiger partial charge is 0.306 e. The summed E-state index contributed by atoms with van der Waals surface area (Å²) in [5.41, 5.74) is 11.6. The third-order valence-corrected chi connectivity index (χ3v) is 10.2. The van der Waals surface area contributed by atoms with Gasteiger partial charge in [-0.3, -0.25) is 0 Å². The van der Waals surface area contributed by atoms with E-state index in [1.807, 2.05) is 0 Å². The number of aromatic nitrogens is 2. The smallest absolute Gasteiger partial charge is 0.117 e. The van der Waals surface area contributed by atoms with Gasteiger partial charge in [0.2, 0.25) is 0 Å². The number of nitrogens with zero attached hydrogens (tertiary/aromatic N) is 3. The zero-order chi connectivity index (χ0) is 31.5. The Labute approximate surface area is 275 Å². The first-order valence-electron chi connectivity index (χ1n) is 16.5. The Balaban J connectivity index is 1.39. The number of hydrogen-bond acceptors (Lipinski definition) is 2. The molecular formula is C44H35N3. The van der Waals surface area contributed by atoms with E-state index in [1.54, 1.807) is 0 Å². The summed E-state index contributed by atoms with van der Waals surface area (Å²) in [7, 11) is 0. The van der Waals surface area contributed by atoms with E-state index in [4.69, 9.17) is 5.10 Å². The lowest BCUT2D eigenvalue weighted by Crippen LogP contribution is -2.26. The summed E-state index contributed by atoms with van der Waals surface area (Å²) in [6.07, 6.45) is 11.4. The van der Waals surface area contributed by atoms with Crippen molar-refractivity contribution in [1.29, 1.82) is 0 Å². The Morgan fingerprint density at radius 2 is 1.32 bits per heavy atom. The van der Waals surface area contributed by atoms with E-state index in [-0.39, 0.29) is 5.41 Å². The fourth-order valence-corrected chi connectivity index (χ4v) is 8.05. The Morgan fingerprint density at radius 3 is 2.13 bits per heavy atom. The van der Waals surface area contributed by atoms with Crippen LogP contribution >= 0.6 is 0 Å². The molecular weight excluding hydrogens is 571 g/mol. The van der Waals surface area contributed by atoms with Crippen LogP contribution < -0.4 is 4.90 Å². The summed E-state index contributed by atoms with van der Waals surface area (Å²) in [4.78, 5) is 2.50. The predicted molar refractivity (Wildman–Crippen MR) is 196 cm³/mol. The third kappa shape index (κ3) is 4.38. The van der Waals surface area contributed by atoms with Gasteiger partial charge < -0.3 is 4.90 Å². The highest BCUT2D eigenvalue weighted by atomic mass is 15.3. The molecule has 2 atom stereocenters. The minimum absolute atomic E-state index is 0.0876. The van der Waals surface area contributed by atoms with Gasteiger partial charge in [-0.1, -0.05) is 147 Å². The molecule has 2 aromatic heterocycles. The van der Waals surface area contributed by atoms with E-state index in [1.165, 1.54) is 33.3 Å². The first-order valence-corrected chi connectivity index (χ1v) is 16.5. The van der Waals surface area contributed by atoms with Crippen molar-refractivity contribution in [3.05, 3.63) is 175 Å². The van der Waals surface area contributed by atoms with Crippen molar-refractivity contribution in [1.82, 2.24) is 9.61 Å². The van der Waals surface area contributed by atoms with Gasteiger partial charge in [0.1, 0.15) is 11.4 Å². The molecule has 2 aliphatic carbocycles. The lowest BCUT2D eigenvalue weighted by molar-refractivity contribution is 0.395. The van der Waals surface area contributed by atoms with Gasteiger partial charge in [-0.25, -0.2) is 4.52 Å². The maximum atomic E-state index is 5.34. The second kappa shape index (κ2) is 10.7. The van der Waals surface area contributed by atoms with Crippen molar-refractivity contribution < 1.29 is 0 Å². The van der Waals surface area contributed by atoms with Crippen molar-refractivity contribution in [3.8, 4) is 22.4 Å². The fraction of sp³-hybridized carbons (Fsp3) is 0.114. The quantitative estimate of drug-likeness (QED) is 0.195. The topological polar surface area (TPSA) is 20.5 Å². The molecule has 0 amide bonds. The first-order chi connectivity index (χ1) is 23.1. The molecule has 0 aliphatic heterocycles. The van der Waals surface area contributed by atoms with Gasteiger partial charge in [0.05, 0.1) is 11.2 Å². The van der Waals surface area contributed by atoms with Crippen LogP contribution in [0.1, 0.15) is 30.9 Å². The van der Waals surface area contributed by atoms with Gasteiger partial charge in [0, 0.05) is 28.8 Å². The van der Waals surface area contributed by atoms with Crippen LogP contribution in [0.3, 0.4) is 0 Å². The van der Waals surface area contributed by atoms with E-state index in [2.05, 4.69) is 187 Å². The molecule has 0 N–H and O–H groups in total. The van der Waals surface area contributed by atoms with Crippen molar-refractivity contribution in [2.24, 2.45) is 5.92 Å². The highest BCUT2D eigenvalue weighted by Crippen LogP contribution is 2.58. The SMILES string of the molecule is CC1(C)c2c(cccc2N(c2cccc(-c3ccccc3)c2)c2c(-c3ccccc3)nn3cc4ccccc4cc23)C2C=CC=CC21. The second-order valence-corrected chi connectivity index (χ2v) is 13.3. The molecule has 7 aromatic rings. The lowest BCUT2D eigenvalue weighted by atomic mass is 9.74. The molecule has 5 aromatic carbocycles. The molecule has 3 heteroatoms. The summed E-state index contributed by atoms with van der Waals surface area (Å²) in [5, 5.41) is 7.70. The summed E-state index contributed by atoms with van der Waals surface area (Å²) in [5.74, 6) is 0.742. The molecule has 47 heavy (non-hydrogen) atoms. The number of allylic oxidation sites excluding steroid dienone is 4. The van der Waals surface area contributed by atoms with Crippen LogP contribution in [-0.2, 0) is 5.41 Å². The molecule has 0 radical (unpaired) electrons. The highest BCUT2D eigenvalue weighted by molar-refractivity contribution is 6.00. The zero-order valence-electron chi connectivity index (χ0n) is 26.6. The van der Waals surface area contributed by atoms with Gasteiger partial charge in [0.15, 0.2) is 0 Å². The molecule has 2 heterocycles. The van der Waals surface area contributed by atoms with Crippen LogP contribution in [0.15, 0.2) is 164 Å². The number of pyridine rings is 1. The van der Waals surface area contributed by atoms with Crippen molar-refractivity contribution in [2.75, 3.05) is 4.90 Å². The van der Waals surface area contributed by atoms with Crippen LogP contribution in [0.4, 0.5) is 17.1 Å². The Bertz CT molecular complexity index is 2340. The van der Waals surface area contributed by atoms with Gasteiger partial charge in [-0.15, -0.1) is 0 Å². The van der Waals surface area contributed by atoms with E-state index in [0.29, 0.717) is 11.8 Å². The molecule has 0 fully saturated rings. The van der Waals surface area contributed by atoms with Gasteiger partial charge in [-0.2, -0.15) is 5.10 Å². The number of rotatable bonds is 5. The minimum atomic E-state index is -0.0876. The lowest BCUT2D eigenvalue weighted by Gasteiger charge is -2.34. The molecule has 0 bridgehead atoms. The summed E-state index contributed by atoms with van der Waals surface area (Å²) in [6.45, 7) is 4.84. The maximum Gasteiger partial charge on any atom is 0.117 e. The van der Waals surface area contributed by atoms with Crippen LogP contribution in [0.2, 0.25) is 0 Å². The van der Waals surface area contributed by atoms with Gasteiger partial charge in [-0.05, 0) is 63.2 Å². The third-order valence-electron chi connectivity index (χ3n) is 10.2. The summed E-state index contributed by atoms with van der Waals surface area (Å²) >= 11 is 0. The molecule has 0 saturated carbocycles. The van der Waals surface area contributed by atoms with Crippen LogP contribution in [0, 0.1) is 5.92 Å². The molecule has 3 nitrogen and oxygen atoms in total. The summed E-state index contributed by atoms with van der Waals surface area (Å²) < 4.78 is 2.08. The Kier molecular flexibility index (Phi) is 6.29. The Morgan fingerprint density at radius 1 is 0.638 bits per heavy atom. The zero-order valence-corrected chi connectivity index (χ0v) is 26.6. The monoisotopic (exact) mass is 605 g/mol. The van der Waals surface area contributed by atoms with Crippen molar-refractivity contribution >= 4 is 33.4 Å². The summed E-state index contributed by atoms with van der Waals surface area (Å²) in [6, 6.07) is 48.1. The fourth-order valence-electron chi connectivity index (χ4n) is 8.05. The van der Waals surface area contributed by atoms with E-state index in [0.717, 1.165) is 33.5 Å². The normalized spacial score (nSPS) is 17.6. The predicted octanol–water partition coefficient (Wildman–Crippen LogP) is 11.4. The number of benzene rings is 5. The van der Waals surface area contributed by atoms with Crippen LogP contribution in [-0.4, -0.2) is 9.61 Å². The van der Waals surface area contributed by atoms with E-state index in [9.17, 15) is 0 Å². The maximum absolute atomic E-state index is 5.34. The highest BCUT2D eigenvalue weighted by Gasteiger charge is 2.47. The van der Waals surface area contributed by atoms with E-state index >= 15 is 0 Å².